The maximum Gasteiger partial charge on any atom is 0.311 e. The minimum atomic E-state index is -1.29. The van der Waals surface area contributed by atoms with E-state index >= 15 is 0 Å². The summed E-state index contributed by atoms with van der Waals surface area (Å²) in [6.07, 6.45) is 1.96. The van der Waals surface area contributed by atoms with Crippen molar-refractivity contribution >= 4 is 24.0 Å². The molecular formula is C32H34FN5O6. The van der Waals surface area contributed by atoms with Crippen molar-refractivity contribution in [1.29, 1.82) is 0 Å². The summed E-state index contributed by atoms with van der Waals surface area (Å²) in [4.78, 5) is 71.6. The van der Waals surface area contributed by atoms with Crippen LogP contribution in [0, 0.1) is 18.2 Å². The van der Waals surface area contributed by atoms with Gasteiger partial charge in [0, 0.05) is 32.6 Å². The Kier molecular flexibility index (Phi) is 8.36. The van der Waals surface area contributed by atoms with Gasteiger partial charge >= 0.3 is 11.8 Å². The van der Waals surface area contributed by atoms with Gasteiger partial charge in [0.25, 0.3) is 11.5 Å². The van der Waals surface area contributed by atoms with E-state index < -0.39 is 34.2 Å². The van der Waals surface area contributed by atoms with Gasteiger partial charge in [-0.2, -0.15) is 0 Å². The van der Waals surface area contributed by atoms with Crippen molar-refractivity contribution in [2.45, 2.75) is 57.8 Å². The van der Waals surface area contributed by atoms with E-state index in [2.05, 4.69) is 15.6 Å². The van der Waals surface area contributed by atoms with E-state index in [1.807, 2.05) is 18.2 Å². The molecule has 0 atom stereocenters. The van der Waals surface area contributed by atoms with Gasteiger partial charge in [0.1, 0.15) is 24.5 Å². The van der Waals surface area contributed by atoms with Gasteiger partial charge in [0.05, 0.1) is 5.54 Å². The van der Waals surface area contributed by atoms with Crippen molar-refractivity contribution in [3.05, 3.63) is 92.9 Å². The number of aldehydes is 1. The average Bonchev–Trinajstić information content (AvgIpc) is 3.24. The number of carbonyl (C=O) groups excluding carboxylic acids is 4. The maximum atomic E-state index is 14.2. The van der Waals surface area contributed by atoms with E-state index in [0.29, 0.717) is 24.0 Å². The summed E-state index contributed by atoms with van der Waals surface area (Å²) in [5.41, 5.74) is -1.36. The zero-order valence-corrected chi connectivity index (χ0v) is 24.8. The molecule has 1 aliphatic carbocycles. The van der Waals surface area contributed by atoms with Crippen molar-refractivity contribution < 1.29 is 28.3 Å². The van der Waals surface area contributed by atoms with Crippen LogP contribution in [0.1, 0.15) is 58.7 Å². The molecule has 6 rings (SSSR count). The Balaban J connectivity index is 1.60. The summed E-state index contributed by atoms with van der Waals surface area (Å²) in [5.74, 6) is -3.00. The molecule has 0 unspecified atom stereocenters. The minimum Gasteiger partial charge on any atom is -0.481 e. The zero-order valence-electron chi connectivity index (χ0n) is 24.8. The van der Waals surface area contributed by atoms with E-state index in [1.54, 1.807) is 31.2 Å². The van der Waals surface area contributed by atoms with E-state index in [1.165, 1.54) is 24.7 Å². The number of aromatic nitrogens is 2. The molecule has 230 valence electrons. The number of halogens is 1. The Morgan fingerprint density at radius 1 is 1.07 bits per heavy atom. The first-order valence-electron chi connectivity index (χ1n) is 14.3. The topological polar surface area (TPSA) is 140 Å². The lowest BCUT2D eigenvalue weighted by Gasteiger charge is -2.39. The number of carbonyl (C=O) groups is 4. The normalized spacial score (nSPS) is 20.2. The van der Waals surface area contributed by atoms with Crippen LogP contribution in [-0.4, -0.2) is 52.6 Å². The van der Waals surface area contributed by atoms with Crippen molar-refractivity contribution in [2.24, 2.45) is 5.41 Å². The van der Waals surface area contributed by atoms with Gasteiger partial charge in [0.2, 0.25) is 5.75 Å². The third-order valence-electron chi connectivity index (χ3n) is 8.45. The molecule has 1 fully saturated rings. The van der Waals surface area contributed by atoms with Crippen LogP contribution in [0.4, 0.5) is 4.39 Å². The summed E-state index contributed by atoms with van der Waals surface area (Å²) >= 11 is 0. The highest BCUT2D eigenvalue weighted by atomic mass is 19.1. The standard InChI is InChI=1S/C32H34FN5O6/c1-20-15-22(9-10-23(20)33)16-34-26(40)24-25(44-17-21-7-5-4-6-8-21)28(42)38-18-31(19-39)11-13-32(14-12-31,30(38)35-24)36-27(41)29(43)37(2)3/h4-10,15,19H,11-14,16-18H2,1-3H3,(H,34,40)(H,36,41). The van der Waals surface area contributed by atoms with Crippen LogP contribution in [0.15, 0.2) is 53.3 Å². The predicted octanol–water partition coefficient (Wildman–Crippen LogP) is 2.37. The highest BCUT2D eigenvalue weighted by Gasteiger charge is 2.52. The number of fused-ring (bicyclic) bond motifs is 2. The highest BCUT2D eigenvalue weighted by Crippen LogP contribution is 2.48. The van der Waals surface area contributed by atoms with Crippen LogP contribution >= 0.6 is 0 Å². The largest absolute Gasteiger partial charge is 0.481 e. The second kappa shape index (κ2) is 12.0. The first kappa shape index (κ1) is 30.6. The molecule has 0 saturated heterocycles. The van der Waals surface area contributed by atoms with E-state index in [0.717, 1.165) is 16.7 Å². The van der Waals surface area contributed by atoms with Crippen LogP contribution in [0.2, 0.25) is 0 Å². The third-order valence-corrected chi connectivity index (χ3v) is 8.45. The third kappa shape index (κ3) is 5.84. The molecule has 3 heterocycles. The molecule has 1 aromatic heterocycles. The summed E-state index contributed by atoms with van der Waals surface area (Å²) in [7, 11) is 2.89. The molecular weight excluding hydrogens is 569 g/mol. The molecule has 12 heteroatoms. The monoisotopic (exact) mass is 603 g/mol. The summed E-state index contributed by atoms with van der Waals surface area (Å²) in [6, 6.07) is 13.5. The molecule has 2 aromatic carbocycles. The van der Waals surface area contributed by atoms with Gasteiger partial charge in [-0.3, -0.25) is 23.7 Å². The van der Waals surface area contributed by atoms with Crippen LogP contribution in [0.3, 0.4) is 0 Å². The molecule has 2 aliphatic heterocycles. The molecule has 2 bridgehead atoms. The number of hydrogen-bond donors (Lipinski definition) is 2. The van der Waals surface area contributed by atoms with E-state index in [9.17, 15) is 28.4 Å². The van der Waals surface area contributed by atoms with E-state index in [-0.39, 0.29) is 55.6 Å². The molecule has 2 N–H and O–H groups in total. The number of hydrogen-bond acceptors (Lipinski definition) is 7. The van der Waals surface area contributed by atoms with Crippen molar-refractivity contribution in [3.63, 3.8) is 0 Å². The number of rotatable bonds is 8. The molecule has 3 amide bonds. The fraction of sp³-hybridized carbons (Fsp3) is 0.375. The first-order chi connectivity index (χ1) is 21.0. The van der Waals surface area contributed by atoms with Gasteiger partial charge < -0.3 is 25.1 Å². The van der Waals surface area contributed by atoms with Crippen LogP contribution < -0.4 is 20.9 Å². The quantitative estimate of drug-likeness (QED) is 0.298. The van der Waals surface area contributed by atoms with Crippen LogP contribution in [0.25, 0.3) is 0 Å². The average molecular weight is 604 g/mol. The minimum absolute atomic E-state index is 0.0185. The second-order valence-corrected chi connectivity index (χ2v) is 11.8. The van der Waals surface area contributed by atoms with Gasteiger partial charge in [-0.15, -0.1) is 0 Å². The predicted molar refractivity (Wildman–Crippen MR) is 157 cm³/mol. The second-order valence-electron chi connectivity index (χ2n) is 11.8. The van der Waals surface area contributed by atoms with Gasteiger partial charge in [-0.1, -0.05) is 42.5 Å². The van der Waals surface area contributed by atoms with Gasteiger partial charge in [0.15, 0.2) is 5.69 Å². The Bertz CT molecular complexity index is 1680. The Morgan fingerprint density at radius 2 is 1.77 bits per heavy atom. The van der Waals surface area contributed by atoms with Crippen molar-refractivity contribution in [2.75, 3.05) is 14.1 Å². The number of likely N-dealkylation sites (N-methyl/N-ethyl adjacent to an activating group) is 1. The van der Waals surface area contributed by atoms with Gasteiger partial charge in [-0.25, -0.2) is 9.37 Å². The fourth-order valence-electron chi connectivity index (χ4n) is 5.83. The number of nitrogens with zero attached hydrogens (tertiary/aromatic N) is 3. The first-order valence-corrected chi connectivity index (χ1v) is 14.3. The molecule has 1 saturated carbocycles. The molecule has 44 heavy (non-hydrogen) atoms. The smallest absolute Gasteiger partial charge is 0.311 e. The number of ether oxygens (including phenoxy) is 1. The molecule has 0 spiro atoms. The number of benzene rings is 2. The number of amides is 3. The fourth-order valence-corrected chi connectivity index (χ4v) is 5.83. The van der Waals surface area contributed by atoms with Gasteiger partial charge in [-0.05, 0) is 55.4 Å². The Hall–Kier alpha value is -4.87. The summed E-state index contributed by atoms with van der Waals surface area (Å²) < 4.78 is 21.1. The lowest BCUT2D eigenvalue weighted by molar-refractivity contribution is -0.145. The highest BCUT2D eigenvalue weighted by molar-refractivity contribution is 6.35. The molecule has 11 nitrogen and oxygen atoms in total. The zero-order chi connectivity index (χ0) is 31.6. The maximum absolute atomic E-state index is 14.2. The molecule has 0 radical (unpaired) electrons. The summed E-state index contributed by atoms with van der Waals surface area (Å²) in [6.45, 7) is 1.58. The molecule has 3 aliphatic rings. The molecule has 3 aromatic rings. The van der Waals surface area contributed by atoms with Crippen molar-refractivity contribution in [1.82, 2.24) is 25.1 Å². The SMILES string of the molecule is Cc1cc(CNC(=O)c2nc3n(c(=O)c2OCc2ccccc2)CC2(C=O)CCC3(NC(=O)C(=O)N(C)C)CC2)ccc1F. The van der Waals surface area contributed by atoms with Crippen LogP contribution in [-0.2, 0) is 39.6 Å². The van der Waals surface area contributed by atoms with E-state index in [4.69, 9.17) is 4.74 Å². The Labute approximate surface area is 253 Å². The Morgan fingerprint density at radius 3 is 2.41 bits per heavy atom. The summed E-state index contributed by atoms with van der Waals surface area (Å²) in [5, 5.41) is 5.54. The number of aryl methyl sites for hydroxylation is 1. The lowest BCUT2D eigenvalue weighted by atomic mass is 9.69. The number of nitrogens with one attached hydrogen (secondary N) is 2. The van der Waals surface area contributed by atoms with Crippen molar-refractivity contribution in [3.8, 4) is 5.75 Å². The lowest BCUT2D eigenvalue weighted by Crippen LogP contribution is -2.54. The van der Waals surface area contributed by atoms with Crippen LogP contribution in [0.5, 0.6) is 5.75 Å².